The van der Waals surface area contributed by atoms with Gasteiger partial charge in [0.15, 0.2) is 0 Å². The van der Waals surface area contributed by atoms with Crippen LogP contribution in [0.4, 0.5) is 10.1 Å². The first kappa shape index (κ1) is 11.4. The monoisotopic (exact) mass is 222 g/mol. The number of benzene rings is 1. The largest absolute Gasteiger partial charge is 0.371 e. The van der Waals surface area contributed by atoms with Crippen LogP contribution in [0, 0.1) is 5.82 Å². The second-order valence-corrected chi connectivity index (χ2v) is 4.47. The van der Waals surface area contributed by atoms with Gasteiger partial charge in [0.05, 0.1) is 0 Å². The molecule has 0 aliphatic carbocycles. The third-order valence-corrected chi connectivity index (χ3v) is 3.44. The molecule has 1 atom stereocenters. The minimum Gasteiger partial charge on any atom is -0.371 e. The Morgan fingerprint density at radius 3 is 3.06 bits per heavy atom. The number of halogens is 1. The van der Waals surface area contributed by atoms with Crippen LogP contribution in [0.15, 0.2) is 18.2 Å². The summed E-state index contributed by atoms with van der Waals surface area (Å²) >= 11 is 0. The Morgan fingerprint density at radius 2 is 2.31 bits per heavy atom. The Balaban J connectivity index is 2.15. The predicted molar refractivity (Wildman–Crippen MR) is 65.5 cm³/mol. The van der Waals surface area contributed by atoms with Crippen LogP contribution in [0.5, 0.6) is 0 Å². The van der Waals surface area contributed by atoms with Crippen molar-refractivity contribution >= 4 is 5.69 Å². The van der Waals surface area contributed by atoms with Gasteiger partial charge in [0.25, 0.3) is 0 Å². The lowest BCUT2D eigenvalue weighted by Gasteiger charge is -2.36. The molecule has 88 valence electrons. The van der Waals surface area contributed by atoms with Gasteiger partial charge in [0.1, 0.15) is 5.82 Å². The van der Waals surface area contributed by atoms with Crippen molar-refractivity contribution in [2.45, 2.75) is 25.3 Å². The number of hydrogen-bond donors (Lipinski definition) is 1. The van der Waals surface area contributed by atoms with Gasteiger partial charge in [-0.3, -0.25) is 0 Å². The van der Waals surface area contributed by atoms with Crippen LogP contribution in [0.25, 0.3) is 0 Å². The van der Waals surface area contributed by atoms with Crippen LogP contribution < -0.4 is 10.2 Å². The highest BCUT2D eigenvalue weighted by atomic mass is 19.1. The van der Waals surface area contributed by atoms with E-state index in [4.69, 9.17) is 0 Å². The molecule has 0 radical (unpaired) electrons. The number of anilines is 1. The summed E-state index contributed by atoms with van der Waals surface area (Å²) in [5.74, 6) is -0.124. The highest BCUT2D eigenvalue weighted by Gasteiger charge is 2.22. The summed E-state index contributed by atoms with van der Waals surface area (Å²) in [7, 11) is 4.09. The number of fused-ring (bicyclic) bond motifs is 1. The van der Waals surface area contributed by atoms with E-state index in [9.17, 15) is 4.39 Å². The standard InChI is InChI=1S/C13H19FN2/c1-15-8-7-12-5-3-10-9-11(14)4-6-13(10)16(12)2/h4,6,9,12,15H,3,5,7-8H2,1-2H3. The average Bonchev–Trinajstić information content (AvgIpc) is 2.28. The molecule has 0 saturated heterocycles. The van der Waals surface area contributed by atoms with Crippen LogP contribution in [0.1, 0.15) is 18.4 Å². The van der Waals surface area contributed by atoms with Gasteiger partial charge < -0.3 is 10.2 Å². The topological polar surface area (TPSA) is 15.3 Å². The van der Waals surface area contributed by atoms with Crippen LogP contribution in [-0.4, -0.2) is 26.7 Å². The molecule has 0 amide bonds. The Bertz CT molecular complexity index is 365. The second-order valence-electron chi connectivity index (χ2n) is 4.47. The van der Waals surface area contributed by atoms with Gasteiger partial charge in [-0.25, -0.2) is 4.39 Å². The number of nitrogens with one attached hydrogen (secondary N) is 1. The van der Waals surface area contributed by atoms with E-state index < -0.39 is 0 Å². The van der Waals surface area contributed by atoms with Crippen molar-refractivity contribution < 1.29 is 4.39 Å². The van der Waals surface area contributed by atoms with Gasteiger partial charge in [0, 0.05) is 18.8 Å². The van der Waals surface area contributed by atoms with Crippen LogP contribution >= 0.6 is 0 Å². The SMILES string of the molecule is CNCCC1CCc2cc(F)ccc2N1C. The number of nitrogens with zero attached hydrogens (tertiary/aromatic N) is 1. The first-order valence-electron chi connectivity index (χ1n) is 5.88. The number of hydrogen-bond acceptors (Lipinski definition) is 2. The molecule has 1 aliphatic rings. The average molecular weight is 222 g/mol. The summed E-state index contributed by atoms with van der Waals surface area (Å²) in [4.78, 5) is 2.29. The third kappa shape index (κ3) is 2.19. The zero-order valence-electron chi connectivity index (χ0n) is 9.96. The Labute approximate surface area is 96.5 Å². The van der Waals surface area contributed by atoms with Crippen LogP contribution in [-0.2, 0) is 6.42 Å². The summed E-state index contributed by atoms with van der Waals surface area (Å²) in [6.45, 7) is 1.03. The maximum atomic E-state index is 13.1. The van der Waals surface area contributed by atoms with E-state index in [1.165, 1.54) is 5.69 Å². The molecule has 1 unspecified atom stereocenters. The van der Waals surface area contributed by atoms with Gasteiger partial charge in [-0.2, -0.15) is 0 Å². The lowest BCUT2D eigenvalue weighted by Crippen LogP contribution is -2.37. The fourth-order valence-corrected chi connectivity index (χ4v) is 2.46. The van der Waals surface area contributed by atoms with Crippen molar-refractivity contribution in [3.8, 4) is 0 Å². The first-order valence-corrected chi connectivity index (χ1v) is 5.88. The number of aryl methyl sites for hydroxylation is 1. The van der Waals surface area contributed by atoms with Crippen LogP contribution in [0.3, 0.4) is 0 Å². The summed E-state index contributed by atoms with van der Waals surface area (Å²) < 4.78 is 13.1. The molecule has 1 aromatic carbocycles. The summed E-state index contributed by atoms with van der Waals surface area (Å²) in [6.07, 6.45) is 3.25. The molecule has 3 heteroatoms. The molecule has 1 aromatic rings. The fraction of sp³-hybridized carbons (Fsp3) is 0.538. The second kappa shape index (κ2) is 4.83. The minimum absolute atomic E-state index is 0.124. The molecule has 0 saturated carbocycles. The van der Waals surface area contributed by atoms with Crippen molar-refractivity contribution in [3.05, 3.63) is 29.6 Å². The normalized spacial score (nSPS) is 19.7. The quantitative estimate of drug-likeness (QED) is 0.843. The molecular formula is C13H19FN2. The molecule has 1 heterocycles. The molecule has 0 bridgehead atoms. The van der Waals surface area contributed by atoms with Crippen LogP contribution in [0.2, 0.25) is 0 Å². The summed E-state index contributed by atoms with van der Waals surface area (Å²) in [6, 6.07) is 5.69. The molecule has 0 spiro atoms. The van der Waals surface area contributed by atoms with E-state index in [1.807, 2.05) is 13.1 Å². The summed E-state index contributed by atoms with van der Waals surface area (Å²) in [5.41, 5.74) is 2.33. The molecule has 0 aromatic heterocycles. The maximum Gasteiger partial charge on any atom is 0.123 e. The molecule has 2 nitrogen and oxygen atoms in total. The smallest absolute Gasteiger partial charge is 0.123 e. The van der Waals surface area contributed by atoms with Gasteiger partial charge in [-0.05, 0) is 56.6 Å². The highest BCUT2D eigenvalue weighted by molar-refractivity contribution is 5.56. The molecule has 1 N–H and O–H groups in total. The third-order valence-electron chi connectivity index (χ3n) is 3.44. The Kier molecular flexibility index (Phi) is 3.44. The van der Waals surface area contributed by atoms with Gasteiger partial charge in [0.2, 0.25) is 0 Å². The lowest BCUT2D eigenvalue weighted by molar-refractivity contribution is 0.507. The van der Waals surface area contributed by atoms with E-state index in [0.717, 1.165) is 31.4 Å². The van der Waals surface area contributed by atoms with Crippen molar-refractivity contribution in [2.24, 2.45) is 0 Å². The van der Waals surface area contributed by atoms with Crippen molar-refractivity contribution in [1.29, 1.82) is 0 Å². The van der Waals surface area contributed by atoms with Crippen molar-refractivity contribution in [2.75, 3.05) is 25.5 Å². The fourth-order valence-electron chi connectivity index (χ4n) is 2.46. The highest BCUT2D eigenvalue weighted by Crippen LogP contribution is 2.30. The van der Waals surface area contributed by atoms with E-state index in [1.54, 1.807) is 12.1 Å². The molecular weight excluding hydrogens is 203 g/mol. The minimum atomic E-state index is -0.124. The lowest BCUT2D eigenvalue weighted by atomic mass is 9.94. The van der Waals surface area contributed by atoms with Crippen molar-refractivity contribution in [3.63, 3.8) is 0 Å². The number of rotatable bonds is 3. The molecule has 1 aliphatic heterocycles. The zero-order chi connectivity index (χ0) is 11.5. The first-order chi connectivity index (χ1) is 7.72. The van der Waals surface area contributed by atoms with Gasteiger partial charge in [-0.1, -0.05) is 0 Å². The zero-order valence-corrected chi connectivity index (χ0v) is 9.96. The predicted octanol–water partition coefficient (Wildman–Crippen LogP) is 2.19. The molecule has 2 rings (SSSR count). The molecule has 0 fully saturated rings. The van der Waals surface area contributed by atoms with E-state index >= 15 is 0 Å². The molecule has 16 heavy (non-hydrogen) atoms. The van der Waals surface area contributed by atoms with E-state index in [0.29, 0.717) is 6.04 Å². The van der Waals surface area contributed by atoms with Gasteiger partial charge >= 0.3 is 0 Å². The van der Waals surface area contributed by atoms with E-state index in [-0.39, 0.29) is 5.82 Å². The summed E-state index contributed by atoms with van der Waals surface area (Å²) in [5, 5.41) is 3.18. The van der Waals surface area contributed by atoms with Crippen molar-refractivity contribution in [1.82, 2.24) is 5.32 Å². The van der Waals surface area contributed by atoms with E-state index in [2.05, 4.69) is 17.3 Å². The van der Waals surface area contributed by atoms with Gasteiger partial charge in [-0.15, -0.1) is 0 Å². The Hall–Kier alpha value is -1.09. The maximum absolute atomic E-state index is 13.1. The Morgan fingerprint density at radius 1 is 1.50 bits per heavy atom.